The molecule has 7 nitrogen and oxygen atoms in total. The second kappa shape index (κ2) is 8.39. The van der Waals surface area contributed by atoms with Crippen molar-refractivity contribution >= 4 is 39.3 Å². The smallest absolute Gasteiger partial charge is 0.254 e. The lowest BCUT2D eigenvalue weighted by atomic mass is 10.1. The molecule has 1 aromatic heterocycles. The van der Waals surface area contributed by atoms with Crippen LogP contribution in [0.3, 0.4) is 0 Å². The number of aromatic nitrogens is 1. The molecule has 0 aliphatic rings. The highest BCUT2D eigenvalue weighted by Gasteiger charge is 2.22. The summed E-state index contributed by atoms with van der Waals surface area (Å²) in [6.45, 7) is 1.35. The van der Waals surface area contributed by atoms with Crippen molar-refractivity contribution in [1.82, 2.24) is 10.3 Å². The molecule has 0 radical (unpaired) electrons. The Morgan fingerprint density at radius 3 is 2.56 bits per heavy atom. The maximum absolute atomic E-state index is 12.5. The van der Waals surface area contributed by atoms with Gasteiger partial charge in [-0.25, -0.2) is 4.98 Å². The lowest BCUT2D eigenvalue weighted by Gasteiger charge is -2.17. The predicted molar refractivity (Wildman–Crippen MR) is 96.8 cm³/mol. The summed E-state index contributed by atoms with van der Waals surface area (Å²) < 4.78 is 0.578. The number of rotatable bonds is 6. The number of primary amides is 1. The normalized spacial score (nSPS) is 11.4. The number of nitrogens with two attached hydrogens (primary N) is 1. The number of anilines is 1. The molecule has 25 heavy (non-hydrogen) atoms. The fraction of sp³-hybridized carbons (Fsp3) is 0.176. The van der Waals surface area contributed by atoms with Crippen LogP contribution in [0.4, 0.5) is 5.69 Å². The van der Waals surface area contributed by atoms with E-state index in [1.807, 2.05) is 0 Å². The largest absolute Gasteiger partial charge is 0.368 e. The van der Waals surface area contributed by atoms with E-state index in [0.717, 1.165) is 5.56 Å². The maximum Gasteiger partial charge on any atom is 0.254 e. The number of carbonyl (C=O) groups excluding carboxylic acids is 3. The number of hydrogen-bond donors (Lipinski definition) is 3. The van der Waals surface area contributed by atoms with E-state index in [4.69, 9.17) is 5.73 Å². The Balaban J connectivity index is 2.20. The molecule has 2 rings (SSSR count). The van der Waals surface area contributed by atoms with Gasteiger partial charge in [-0.2, -0.15) is 0 Å². The highest BCUT2D eigenvalue weighted by atomic mass is 79.9. The van der Waals surface area contributed by atoms with Gasteiger partial charge in [-0.1, -0.05) is 18.2 Å². The van der Waals surface area contributed by atoms with Gasteiger partial charge in [0, 0.05) is 19.5 Å². The Morgan fingerprint density at radius 1 is 1.20 bits per heavy atom. The van der Waals surface area contributed by atoms with Crippen LogP contribution in [0, 0.1) is 0 Å². The molecule has 0 unspecified atom stereocenters. The summed E-state index contributed by atoms with van der Waals surface area (Å²) >= 11 is 3.30. The molecular formula is C17H17BrN4O3. The number of nitrogens with zero attached hydrogens (tertiary/aromatic N) is 1. The molecule has 2 aromatic rings. The van der Waals surface area contributed by atoms with Crippen LogP contribution in [0.5, 0.6) is 0 Å². The van der Waals surface area contributed by atoms with Crippen LogP contribution >= 0.6 is 15.9 Å². The number of nitrogens with one attached hydrogen (secondary N) is 2. The quantitative estimate of drug-likeness (QED) is 0.634. The van der Waals surface area contributed by atoms with Gasteiger partial charge in [0.2, 0.25) is 11.8 Å². The van der Waals surface area contributed by atoms with E-state index in [2.05, 4.69) is 31.5 Å². The zero-order chi connectivity index (χ0) is 18.4. The molecule has 4 N–H and O–H groups in total. The van der Waals surface area contributed by atoms with Crippen molar-refractivity contribution in [2.24, 2.45) is 5.73 Å². The van der Waals surface area contributed by atoms with Crippen molar-refractivity contribution in [3.8, 4) is 0 Å². The Labute approximate surface area is 153 Å². The molecule has 3 amide bonds. The molecule has 0 fully saturated rings. The van der Waals surface area contributed by atoms with Crippen molar-refractivity contribution in [1.29, 1.82) is 0 Å². The van der Waals surface area contributed by atoms with E-state index in [1.54, 1.807) is 42.6 Å². The van der Waals surface area contributed by atoms with Crippen LogP contribution in [-0.2, 0) is 16.0 Å². The minimum Gasteiger partial charge on any atom is -0.368 e. The molecular weight excluding hydrogens is 388 g/mol. The molecule has 1 heterocycles. The minimum absolute atomic E-state index is 0.192. The summed E-state index contributed by atoms with van der Waals surface area (Å²) in [6, 6.07) is 9.11. The maximum atomic E-state index is 12.5. The number of pyridine rings is 1. The van der Waals surface area contributed by atoms with Crippen molar-refractivity contribution in [2.75, 3.05) is 5.32 Å². The van der Waals surface area contributed by atoms with Crippen LogP contribution in [0.15, 0.2) is 47.2 Å². The van der Waals surface area contributed by atoms with Gasteiger partial charge in [0.05, 0.1) is 11.3 Å². The first kappa shape index (κ1) is 18.6. The number of hydrogen-bond acceptors (Lipinski definition) is 4. The van der Waals surface area contributed by atoms with Gasteiger partial charge in [0.1, 0.15) is 10.6 Å². The van der Waals surface area contributed by atoms with Gasteiger partial charge in [-0.3, -0.25) is 14.4 Å². The molecule has 1 atom stereocenters. The summed E-state index contributed by atoms with van der Waals surface area (Å²) in [5.74, 6) is -1.47. The Bertz CT molecular complexity index is 810. The van der Waals surface area contributed by atoms with Crippen molar-refractivity contribution in [3.63, 3.8) is 0 Å². The van der Waals surface area contributed by atoms with E-state index in [1.165, 1.54) is 6.92 Å². The van der Waals surface area contributed by atoms with Crippen LogP contribution in [-0.4, -0.2) is 28.7 Å². The van der Waals surface area contributed by atoms with Crippen molar-refractivity contribution in [3.05, 3.63) is 58.3 Å². The lowest BCUT2D eigenvalue weighted by molar-refractivity contribution is -0.119. The first-order valence-corrected chi connectivity index (χ1v) is 8.24. The van der Waals surface area contributed by atoms with E-state index in [0.29, 0.717) is 10.3 Å². The van der Waals surface area contributed by atoms with E-state index < -0.39 is 17.9 Å². The highest BCUT2D eigenvalue weighted by Crippen LogP contribution is 2.17. The average Bonchev–Trinajstić information content (AvgIpc) is 2.55. The molecule has 8 heteroatoms. The number of halogens is 1. The zero-order valence-corrected chi connectivity index (χ0v) is 15.0. The number of carbonyl (C=O) groups is 3. The fourth-order valence-electron chi connectivity index (χ4n) is 2.23. The monoisotopic (exact) mass is 404 g/mol. The SMILES string of the molecule is CC(=O)Nc1ccccc1C(=O)N[C@@H](Cc1cccnc1Br)C(N)=O. The molecule has 0 saturated carbocycles. The Morgan fingerprint density at radius 2 is 1.92 bits per heavy atom. The Kier molecular flexibility index (Phi) is 6.24. The third kappa shape index (κ3) is 5.12. The van der Waals surface area contributed by atoms with Gasteiger partial charge in [0.25, 0.3) is 5.91 Å². The Hall–Kier alpha value is -2.74. The fourth-order valence-corrected chi connectivity index (χ4v) is 2.64. The summed E-state index contributed by atoms with van der Waals surface area (Å²) in [5, 5.41) is 5.19. The first-order chi connectivity index (χ1) is 11.9. The molecule has 0 aliphatic carbocycles. The second-order valence-corrected chi connectivity index (χ2v) is 6.06. The summed E-state index contributed by atoms with van der Waals surface area (Å²) in [6.07, 6.45) is 1.80. The van der Waals surface area contributed by atoms with Gasteiger partial charge in [-0.05, 0) is 39.7 Å². The summed E-state index contributed by atoms with van der Waals surface area (Å²) in [7, 11) is 0. The zero-order valence-electron chi connectivity index (χ0n) is 13.5. The topological polar surface area (TPSA) is 114 Å². The molecule has 0 saturated heterocycles. The molecule has 1 aromatic carbocycles. The summed E-state index contributed by atoms with van der Waals surface area (Å²) in [5.41, 5.74) is 6.76. The van der Waals surface area contributed by atoms with Crippen LogP contribution in [0.1, 0.15) is 22.8 Å². The van der Waals surface area contributed by atoms with Gasteiger partial charge in [-0.15, -0.1) is 0 Å². The van der Waals surface area contributed by atoms with Crippen LogP contribution in [0.2, 0.25) is 0 Å². The number of benzene rings is 1. The van der Waals surface area contributed by atoms with Gasteiger partial charge >= 0.3 is 0 Å². The van der Waals surface area contributed by atoms with Crippen LogP contribution in [0.25, 0.3) is 0 Å². The van der Waals surface area contributed by atoms with Gasteiger partial charge < -0.3 is 16.4 Å². The second-order valence-electron chi connectivity index (χ2n) is 5.31. The van der Waals surface area contributed by atoms with Crippen molar-refractivity contribution < 1.29 is 14.4 Å². The molecule has 0 aliphatic heterocycles. The third-order valence-electron chi connectivity index (χ3n) is 3.39. The van der Waals surface area contributed by atoms with E-state index in [9.17, 15) is 14.4 Å². The summed E-state index contributed by atoms with van der Waals surface area (Å²) in [4.78, 5) is 39.6. The lowest BCUT2D eigenvalue weighted by Crippen LogP contribution is -2.46. The van der Waals surface area contributed by atoms with Crippen LogP contribution < -0.4 is 16.4 Å². The minimum atomic E-state index is -0.918. The van der Waals surface area contributed by atoms with Crippen molar-refractivity contribution in [2.45, 2.75) is 19.4 Å². The highest BCUT2D eigenvalue weighted by molar-refractivity contribution is 9.10. The third-order valence-corrected chi connectivity index (χ3v) is 4.11. The predicted octanol–water partition coefficient (Wildman–Crippen LogP) is 1.63. The first-order valence-electron chi connectivity index (χ1n) is 7.44. The van der Waals surface area contributed by atoms with E-state index in [-0.39, 0.29) is 17.9 Å². The molecule has 130 valence electrons. The molecule has 0 bridgehead atoms. The molecule has 0 spiro atoms. The average molecular weight is 405 g/mol. The standard InChI is InChI=1S/C17H17BrN4O3/c1-10(23)21-13-7-3-2-6-12(13)17(25)22-14(16(19)24)9-11-5-4-8-20-15(11)18/h2-8,14H,9H2,1H3,(H2,19,24)(H,21,23)(H,22,25)/t14-/m0/s1. The van der Waals surface area contributed by atoms with E-state index >= 15 is 0 Å². The number of para-hydroxylation sites is 1. The van der Waals surface area contributed by atoms with Gasteiger partial charge in [0.15, 0.2) is 0 Å². The number of amides is 3.